The molecule has 0 radical (unpaired) electrons. The maximum absolute atomic E-state index is 12.3. The third kappa shape index (κ3) is 3.11. The quantitative estimate of drug-likeness (QED) is 0.649. The summed E-state index contributed by atoms with van der Waals surface area (Å²) in [7, 11) is 0. The highest BCUT2D eigenvalue weighted by atomic mass is 19.3. The Balaban J connectivity index is 2.17. The molecule has 0 aromatic carbocycles. The van der Waals surface area contributed by atoms with E-state index in [1.165, 1.54) is 0 Å². The van der Waals surface area contributed by atoms with Crippen LogP contribution in [-0.4, -0.2) is 31.0 Å². The second-order valence-electron chi connectivity index (χ2n) is 3.53. The minimum atomic E-state index is -3.95. The van der Waals surface area contributed by atoms with Gasteiger partial charge in [0.15, 0.2) is 0 Å². The Morgan fingerprint density at radius 2 is 1.92 bits per heavy atom. The van der Waals surface area contributed by atoms with E-state index in [1.54, 1.807) is 0 Å². The Morgan fingerprint density at radius 3 is 2.31 bits per heavy atom. The number of halogens is 4. The van der Waals surface area contributed by atoms with Gasteiger partial charge in [0.25, 0.3) is 0 Å². The molecular formula is C7H12F4N2. The Bertz CT molecular complexity index is 179. The van der Waals surface area contributed by atoms with Crippen LogP contribution in [0.1, 0.15) is 12.8 Å². The van der Waals surface area contributed by atoms with Gasteiger partial charge in [-0.1, -0.05) is 0 Å². The van der Waals surface area contributed by atoms with Crippen molar-refractivity contribution < 1.29 is 17.6 Å². The summed E-state index contributed by atoms with van der Waals surface area (Å²) in [5.74, 6) is -3.95. The van der Waals surface area contributed by atoms with Crippen molar-refractivity contribution >= 4 is 0 Å². The first-order valence-corrected chi connectivity index (χ1v) is 4.01. The van der Waals surface area contributed by atoms with Crippen LogP contribution in [0.3, 0.4) is 0 Å². The van der Waals surface area contributed by atoms with Crippen molar-refractivity contribution in [3.05, 3.63) is 0 Å². The molecule has 0 aliphatic heterocycles. The molecule has 0 aromatic rings. The standard InChI is InChI=1S/C7H12F4N2/c8-5(9)7(10,11)4-13-3-6(12)1-2-6/h5,13H,1-4,12H2. The van der Waals surface area contributed by atoms with Gasteiger partial charge in [-0.3, -0.25) is 0 Å². The van der Waals surface area contributed by atoms with Crippen molar-refractivity contribution in [3.8, 4) is 0 Å². The van der Waals surface area contributed by atoms with Crippen molar-refractivity contribution in [2.45, 2.75) is 30.7 Å². The fourth-order valence-electron chi connectivity index (χ4n) is 0.893. The lowest BCUT2D eigenvalue weighted by Gasteiger charge is -2.17. The number of alkyl halides is 4. The summed E-state index contributed by atoms with van der Waals surface area (Å²) in [6, 6.07) is 0. The minimum absolute atomic E-state index is 0.176. The number of hydrogen-bond acceptors (Lipinski definition) is 2. The van der Waals surface area contributed by atoms with Crippen LogP contribution in [0.5, 0.6) is 0 Å². The number of nitrogens with one attached hydrogen (secondary N) is 1. The number of nitrogens with two attached hydrogens (primary N) is 1. The molecular weight excluding hydrogens is 188 g/mol. The third-order valence-electron chi connectivity index (χ3n) is 2.05. The van der Waals surface area contributed by atoms with E-state index in [0.29, 0.717) is 0 Å². The van der Waals surface area contributed by atoms with E-state index < -0.39 is 24.4 Å². The van der Waals surface area contributed by atoms with E-state index in [1.807, 2.05) is 0 Å². The second-order valence-corrected chi connectivity index (χ2v) is 3.53. The van der Waals surface area contributed by atoms with Gasteiger partial charge in [-0.15, -0.1) is 0 Å². The molecule has 6 heteroatoms. The molecule has 0 heterocycles. The van der Waals surface area contributed by atoms with Gasteiger partial charge in [-0.05, 0) is 12.8 Å². The lowest BCUT2D eigenvalue weighted by molar-refractivity contribution is -0.125. The van der Waals surface area contributed by atoms with Crippen molar-refractivity contribution in [3.63, 3.8) is 0 Å². The maximum atomic E-state index is 12.3. The summed E-state index contributed by atoms with van der Waals surface area (Å²) in [5.41, 5.74) is 5.12. The van der Waals surface area contributed by atoms with Gasteiger partial charge < -0.3 is 11.1 Å². The average molecular weight is 200 g/mol. The molecule has 1 rings (SSSR count). The van der Waals surface area contributed by atoms with Crippen LogP contribution in [-0.2, 0) is 0 Å². The highest BCUT2D eigenvalue weighted by Crippen LogP contribution is 2.31. The summed E-state index contributed by atoms with van der Waals surface area (Å²) in [6.07, 6.45) is -2.09. The fourth-order valence-corrected chi connectivity index (χ4v) is 0.893. The van der Waals surface area contributed by atoms with Gasteiger partial charge in [0, 0.05) is 12.1 Å². The smallest absolute Gasteiger partial charge is 0.319 e. The Morgan fingerprint density at radius 1 is 1.38 bits per heavy atom. The van der Waals surface area contributed by atoms with E-state index in [9.17, 15) is 17.6 Å². The van der Waals surface area contributed by atoms with Gasteiger partial charge in [-0.25, -0.2) is 8.78 Å². The Labute approximate surface area is 73.5 Å². The van der Waals surface area contributed by atoms with Gasteiger partial charge in [0.05, 0.1) is 6.54 Å². The van der Waals surface area contributed by atoms with Gasteiger partial charge in [0.1, 0.15) is 0 Å². The zero-order valence-corrected chi connectivity index (χ0v) is 6.99. The molecule has 0 aromatic heterocycles. The molecule has 1 aliphatic carbocycles. The molecule has 0 unspecified atom stereocenters. The molecule has 1 saturated carbocycles. The lowest BCUT2D eigenvalue weighted by atomic mass is 10.3. The van der Waals surface area contributed by atoms with Crippen molar-refractivity contribution in [1.29, 1.82) is 0 Å². The summed E-state index contributed by atoms with van der Waals surface area (Å²) in [5, 5.41) is 2.25. The van der Waals surface area contributed by atoms with Crippen molar-refractivity contribution in [2.24, 2.45) is 5.73 Å². The van der Waals surface area contributed by atoms with Gasteiger partial charge in [-0.2, -0.15) is 8.78 Å². The molecule has 1 fully saturated rings. The first kappa shape index (κ1) is 10.7. The summed E-state index contributed by atoms with van der Waals surface area (Å²) in [4.78, 5) is 0. The van der Waals surface area contributed by atoms with Crippen LogP contribution in [0.4, 0.5) is 17.6 Å². The summed E-state index contributed by atoms with van der Waals surface area (Å²) >= 11 is 0. The topological polar surface area (TPSA) is 38.0 Å². The highest BCUT2D eigenvalue weighted by Gasteiger charge is 2.42. The van der Waals surface area contributed by atoms with Crippen LogP contribution in [0, 0.1) is 0 Å². The predicted molar refractivity (Wildman–Crippen MR) is 40.0 cm³/mol. The van der Waals surface area contributed by atoms with Crippen LogP contribution in [0.15, 0.2) is 0 Å². The van der Waals surface area contributed by atoms with E-state index in [2.05, 4.69) is 5.32 Å². The van der Waals surface area contributed by atoms with Crippen molar-refractivity contribution in [2.75, 3.05) is 13.1 Å². The maximum Gasteiger partial charge on any atom is 0.319 e. The molecule has 1 aliphatic rings. The van der Waals surface area contributed by atoms with E-state index in [0.717, 1.165) is 12.8 Å². The minimum Gasteiger partial charge on any atom is -0.324 e. The summed E-state index contributed by atoms with van der Waals surface area (Å²) < 4.78 is 47.8. The van der Waals surface area contributed by atoms with Gasteiger partial charge >= 0.3 is 12.3 Å². The van der Waals surface area contributed by atoms with Crippen LogP contribution >= 0.6 is 0 Å². The molecule has 13 heavy (non-hydrogen) atoms. The van der Waals surface area contributed by atoms with Crippen LogP contribution < -0.4 is 11.1 Å². The molecule has 78 valence electrons. The Kier molecular flexibility index (Phi) is 2.82. The van der Waals surface area contributed by atoms with E-state index >= 15 is 0 Å². The SMILES string of the molecule is NC1(CNCC(F)(F)C(F)F)CC1. The molecule has 2 nitrogen and oxygen atoms in total. The first-order chi connectivity index (χ1) is 5.86. The normalized spacial score (nSPS) is 20.8. The van der Waals surface area contributed by atoms with Gasteiger partial charge in [0.2, 0.25) is 0 Å². The molecule has 0 atom stereocenters. The largest absolute Gasteiger partial charge is 0.324 e. The molecule has 0 spiro atoms. The number of hydrogen-bond donors (Lipinski definition) is 2. The van der Waals surface area contributed by atoms with E-state index in [-0.39, 0.29) is 6.54 Å². The van der Waals surface area contributed by atoms with Crippen molar-refractivity contribution in [1.82, 2.24) is 5.32 Å². The second kappa shape index (κ2) is 3.42. The van der Waals surface area contributed by atoms with E-state index in [4.69, 9.17) is 5.73 Å². The zero-order chi connectivity index (χ0) is 10.1. The van der Waals surface area contributed by atoms with Crippen LogP contribution in [0.2, 0.25) is 0 Å². The third-order valence-corrected chi connectivity index (χ3v) is 2.05. The average Bonchev–Trinajstić information content (AvgIpc) is 2.67. The molecule has 0 bridgehead atoms. The highest BCUT2D eigenvalue weighted by molar-refractivity contribution is 5.00. The van der Waals surface area contributed by atoms with Crippen LogP contribution in [0.25, 0.3) is 0 Å². The fraction of sp³-hybridized carbons (Fsp3) is 1.00. The zero-order valence-electron chi connectivity index (χ0n) is 6.99. The lowest BCUT2D eigenvalue weighted by Crippen LogP contribution is -2.44. The Hall–Kier alpha value is -0.360. The molecule has 0 saturated heterocycles. The predicted octanol–water partition coefficient (Wildman–Crippen LogP) is 0.968. The summed E-state index contributed by atoms with van der Waals surface area (Å²) in [6.45, 7) is -0.834. The molecule has 3 N–H and O–H groups in total. The molecule has 0 amide bonds. The first-order valence-electron chi connectivity index (χ1n) is 4.01. The number of rotatable bonds is 5. The monoisotopic (exact) mass is 200 g/mol.